The first-order valence-electron chi connectivity index (χ1n) is 10.2. The lowest BCUT2D eigenvalue weighted by molar-refractivity contribution is 0.0588. The number of aromatic nitrogens is 2. The summed E-state index contributed by atoms with van der Waals surface area (Å²) in [5.41, 5.74) is 6.65. The molecule has 3 aliphatic rings. The molecular weight excluding hydrogens is 376 g/mol. The average molecular weight is 403 g/mol. The van der Waals surface area contributed by atoms with Crippen LogP contribution in [0.5, 0.6) is 0 Å². The van der Waals surface area contributed by atoms with Gasteiger partial charge in [0.1, 0.15) is 6.04 Å². The number of carbonyl (C=O) groups is 1. The van der Waals surface area contributed by atoms with E-state index in [4.69, 9.17) is 10.3 Å². The van der Waals surface area contributed by atoms with Crippen molar-refractivity contribution in [1.82, 2.24) is 15.0 Å². The van der Waals surface area contributed by atoms with E-state index in [1.807, 2.05) is 35.2 Å². The van der Waals surface area contributed by atoms with Crippen molar-refractivity contribution in [2.75, 3.05) is 0 Å². The summed E-state index contributed by atoms with van der Waals surface area (Å²) in [6.07, 6.45) is 8.44. The van der Waals surface area contributed by atoms with Gasteiger partial charge in [0.2, 0.25) is 5.89 Å². The molecule has 6 nitrogen and oxygen atoms in total. The minimum atomic E-state index is -0.443. The molecule has 0 radical (unpaired) electrons. The number of carbonyl (C=O) groups excluding carboxylic acids is 1. The predicted octanol–water partition coefficient (Wildman–Crippen LogP) is 3.98. The van der Waals surface area contributed by atoms with Crippen LogP contribution in [0.1, 0.15) is 79.5 Å². The largest absolute Gasteiger partial charge is 0.337 e. The quantitative estimate of drug-likeness (QED) is 0.839. The molecule has 2 aliphatic carbocycles. The van der Waals surface area contributed by atoms with Crippen molar-refractivity contribution in [3.05, 3.63) is 47.6 Å². The van der Waals surface area contributed by atoms with E-state index in [9.17, 15) is 4.79 Å². The Kier molecular flexibility index (Phi) is 5.19. The Bertz CT molecular complexity index is 836. The van der Waals surface area contributed by atoms with Gasteiger partial charge in [-0.15, -0.1) is 12.4 Å². The highest BCUT2D eigenvalue weighted by Gasteiger charge is 2.48. The number of rotatable bonds is 3. The summed E-state index contributed by atoms with van der Waals surface area (Å²) < 4.78 is 5.66. The summed E-state index contributed by atoms with van der Waals surface area (Å²) in [5.74, 6) is 1.74. The second-order valence-corrected chi connectivity index (χ2v) is 8.41. The summed E-state index contributed by atoms with van der Waals surface area (Å²) in [4.78, 5) is 20.1. The summed E-state index contributed by atoms with van der Waals surface area (Å²) in [5, 5.41) is 4.19. The standard InChI is InChI=1S/C21H26N4O2.ClH/c22-21(11-6-12-21)20-23-18(27-24-20)17-13-15-9-4-5-10-16(15)25(17)19(26)14-7-2-1-3-8-14;/h1-3,7-8,15-17H,4-6,9-13,22H2;1H. The molecule has 1 aromatic heterocycles. The van der Waals surface area contributed by atoms with Crippen LogP contribution in [0.3, 0.4) is 0 Å². The van der Waals surface area contributed by atoms with E-state index in [1.54, 1.807) is 0 Å². The van der Waals surface area contributed by atoms with E-state index in [0.29, 0.717) is 17.6 Å². The second kappa shape index (κ2) is 7.48. The molecule has 150 valence electrons. The van der Waals surface area contributed by atoms with Crippen molar-refractivity contribution in [2.24, 2.45) is 11.7 Å². The molecule has 3 unspecified atom stereocenters. The number of likely N-dealkylation sites (tertiary alicyclic amines) is 1. The fourth-order valence-corrected chi connectivity index (χ4v) is 5.06. The molecule has 2 saturated carbocycles. The summed E-state index contributed by atoms with van der Waals surface area (Å²) in [6, 6.07) is 9.66. The molecule has 1 aromatic carbocycles. The van der Waals surface area contributed by atoms with Crippen molar-refractivity contribution in [3.8, 4) is 0 Å². The van der Waals surface area contributed by atoms with Crippen LogP contribution in [0.2, 0.25) is 0 Å². The van der Waals surface area contributed by atoms with Crippen LogP contribution in [-0.4, -0.2) is 27.0 Å². The van der Waals surface area contributed by atoms with E-state index < -0.39 is 5.54 Å². The van der Waals surface area contributed by atoms with Crippen LogP contribution in [0.4, 0.5) is 0 Å². The predicted molar refractivity (Wildman–Crippen MR) is 107 cm³/mol. The number of benzene rings is 1. The van der Waals surface area contributed by atoms with Gasteiger partial charge in [0, 0.05) is 11.6 Å². The minimum Gasteiger partial charge on any atom is -0.337 e. The number of hydrogen-bond donors (Lipinski definition) is 1. The smallest absolute Gasteiger partial charge is 0.254 e. The Morgan fingerprint density at radius 3 is 2.61 bits per heavy atom. The number of fused-ring (bicyclic) bond motifs is 1. The van der Waals surface area contributed by atoms with E-state index in [0.717, 1.165) is 37.7 Å². The van der Waals surface area contributed by atoms with Crippen molar-refractivity contribution >= 4 is 18.3 Å². The Balaban J connectivity index is 0.00000192. The molecule has 28 heavy (non-hydrogen) atoms. The number of hydrogen-bond acceptors (Lipinski definition) is 5. The normalized spacial score (nSPS) is 28.2. The van der Waals surface area contributed by atoms with E-state index in [-0.39, 0.29) is 30.4 Å². The van der Waals surface area contributed by atoms with Gasteiger partial charge in [-0.1, -0.05) is 36.2 Å². The minimum absolute atomic E-state index is 0. The molecular formula is C21H27ClN4O2. The molecule has 5 rings (SSSR count). The molecule has 2 heterocycles. The first-order chi connectivity index (χ1) is 13.2. The highest BCUT2D eigenvalue weighted by molar-refractivity contribution is 5.94. The van der Waals surface area contributed by atoms with Gasteiger partial charge in [-0.25, -0.2) is 0 Å². The zero-order chi connectivity index (χ0) is 18.4. The molecule has 2 N–H and O–H groups in total. The monoisotopic (exact) mass is 402 g/mol. The summed E-state index contributed by atoms with van der Waals surface area (Å²) in [7, 11) is 0. The van der Waals surface area contributed by atoms with Crippen molar-refractivity contribution in [1.29, 1.82) is 0 Å². The number of nitrogens with zero attached hydrogens (tertiary/aromatic N) is 3. The maximum atomic E-state index is 13.4. The Hall–Kier alpha value is -1.92. The third-order valence-corrected chi connectivity index (χ3v) is 6.76. The van der Waals surface area contributed by atoms with E-state index in [1.165, 1.54) is 19.3 Å². The van der Waals surface area contributed by atoms with Gasteiger partial charge < -0.3 is 15.2 Å². The second-order valence-electron chi connectivity index (χ2n) is 8.41. The van der Waals surface area contributed by atoms with Crippen LogP contribution < -0.4 is 5.73 Å². The molecule has 1 amide bonds. The van der Waals surface area contributed by atoms with Crippen LogP contribution in [0.25, 0.3) is 0 Å². The van der Waals surface area contributed by atoms with Crippen LogP contribution in [-0.2, 0) is 5.54 Å². The van der Waals surface area contributed by atoms with Crippen LogP contribution in [0.15, 0.2) is 34.9 Å². The lowest BCUT2D eigenvalue weighted by Gasteiger charge is -2.34. The van der Waals surface area contributed by atoms with Gasteiger partial charge in [0.25, 0.3) is 5.91 Å². The third kappa shape index (κ3) is 3.12. The fraction of sp³-hybridized carbons (Fsp3) is 0.571. The zero-order valence-electron chi connectivity index (χ0n) is 15.9. The van der Waals surface area contributed by atoms with Gasteiger partial charge in [-0.05, 0) is 56.6 Å². The van der Waals surface area contributed by atoms with E-state index in [2.05, 4.69) is 10.1 Å². The third-order valence-electron chi connectivity index (χ3n) is 6.76. The van der Waals surface area contributed by atoms with Gasteiger partial charge in [0.15, 0.2) is 5.82 Å². The summed E-state index contributed by atoms with van der Waals surface area (Å²) in [6.45, 7) is 0. The molecule has 3 fully saturated rings. The molecule has 1 saturated heterocycles. The average Bonchev–Trinajstić information content (AvgIpc) is 3.31. The molecule has 7 heteroatoms. The van der Waals surface area contributed by atoms with Crippen LogP contribution >= 0.6 is 12.4 Å². The Morgan fingerprint density at radius 1 is 1.14 bits per heavy atom. The van der Waals surface area contributed by atoms with E-state index >= 15 is 0 Å². The number of amides is 1. The Morgan fingerprint density at radius 2 is 1.89 bits per heavy atom. The molecule has 1 aliphatic heterocycles. The summed E-state index contributed by atoms with van der Waals surface area (Å²) >= 11 is 0. The van der Waals surface area contributed by atoms with Crippen LogP contribution in [0, 0.1) is 5.92 Å². The van der Waals surface area contributed by atoms with Gasteiger partial charge in [-0.3, -0.25) is 4.79 Å². The topological polar surface area (TPSA) is 85.2 Å². The first-order valence-corrected chi connectivity index (χ1v) is 10.2. The van der Waals surface area contributed by atoms with Crippen molar-refractivity contribution in [3.63, 3.8) is 0 Å². The van der Waals surface area contributed by atoms with Gasteiger partial charge in [-0.2, -0.15) is 4.98 Å². The fourth-order valence-electron chi connectivity index (χ4n) is 5.06. The molecule has 3 atom stereocenters. The van der Waals surface area contributed by atoms with Gasteiger partial charge >= 0.3 is 0 Å². The number of nitrogens with two attached hydrogens (primary N) is 1. The molecule has 0 bridgehead atoms. The first kappa shape index (κ1) is 19.4. The Labute approximate surface area is 171 Å². The molecule has 2 aromatic rings. The maximum absolute atomic E-state index is 13.4. The lowest BCUT2D eigenvalue weighted by Crippen LogP contribution is -2.44. The zero-order valence-corrected chi connectivity index (χ0v) is 16.7. The number of halogens is 1. The highest BCUT2D eigenvalue weighted by atomic mass is 35.5. The highest BCUT2D eigenvalue weighted by Crippen LogP contribution is 2.47. The SMILES string of the molecule is Cl.NC1(c2noc(C3CC4CCCCC4N3C(=O)c3ccccc3)n2)CCC1. The maximum Gasteiger partial charge on any atom is 0.254 e. The van der Waals surface area contributed by atoms with Gasteiger partial charge in [0.05, 0.1) is 5.54 Å². The van der Waals surface area contributed by atoms with Crippen molar-refractivity contribution in [2.45, 2.75) is 69.0 Å². The van der Waals surface area contributed by atoms with Crippen molar-refractivity contribution < 1.29 is 9.32 Å². The lowest BCUT2D eigenvalue weighted by atomic mass is 9.77. The molecule has 0 spiro atoms.